The fraction of sp³-hybridized carbons (Fsp3) is 0.481. The van der Waals surface area contributed by atoms with Crippen LogP contribution in [0.2, 0.25) is 0 Å². The minimum Gasteiger partial charge on any atom is -0.497 e. The van der Waals surface area contributed by atoms with Gasteiger partial charge in [0.15, 0.2) is 11.5 Å². The summed E-state index contributed by atoms with van der Waals surface area (Å²) in [6.45, 7) is 2.99. The first-order chi connectivity index (χ1) is 17.4. The number of piperidine rings is 1. The number of likely N-dealkylation sites (tertiary alicyclic amines) is 1. The first kappa shape index (κ1) is 25.6. The zero-order valence-corrected chi connectivity index (χ0v) is 21.5. The first-order valence-corrected chi connectivity index (χ1v) is 12.3. The molecule has 0 aromatic heterocycles. The Kier molecular flexibility index (Phi) is 8.20. The summed E-state index contributed by atoms with van der Waals surface area (Å²) in [5, 5.41) is 2.93. The molecule has 1 N–H and O–H groups in total. The lowest BCUT2D eigenvalue weighted by molar-refractivity contribution is -0.116. The van der Waals surface area contributed by atoms with Gasteiger partial charge in [-0.05, 0) is 43.5 Å². The highest BCUT2D eigenvalue weighted by Crippen LogP contribution is 2.34. The number of anilines is 1. The Bertz CT molecular complexity index is 1080. The van der Waals surface area contributed by atoms with E-state index in [1.54, 1.807) is 52.7 Å². The number of amides is 2. The van der Waals surface area contributed by atoms with E-state index in [1.165, 1.54) is 0 Å². The number of hydrogen-bond acceptors (Lipinski definition) is 7. The van der Waals surface area contributed by atoms with Crippen molar-refractivity contribution in [3.63, 3.8) is 0 Å². The standard InChI is InChI=1S/C27H35N3O6/c1-33-21-13-19(14-22(15-21)34-2)28-26(31)8-10-29-9-5-6-20(17-29)30-11-7-18-12-24(35-3)25(36-4)16-23(18)27(30)32/h12-16,20H,5-11,17H2,1-4H3,(H,28,31). The third kappa shape index (κ3) is 5.67. The second-order valence-electron chi connectivity index (χ2n) is 9.11. The molecule has 194 valence electrons. The van der Waals surface area contributed by atoms with E-state index in [0.717, 1.165) is 37.9 Å². The van der Waals surface area contributed by atoms with Gasteiger partial charge in [0.1, 0.15) is 11.5 Å². The number of nitrogens with zero attached hydrogens (tertiary/aromatic N) is 2. The van der Waals surface area contributed by atoms with E-state index in [1.807, 2.05) is 11.0 Å². The molecule has 1 saturated heterocycles. The van der Waals surface area contributed by atoms with Crippen LogP contribution in [-0.2, 0) is 11.2 Å². The summed E-state index contributed by atoms with van der Waals surface area (Å²) in [6.07, 6.45) is 3.09. The van der Waals surface area contributed by atoms with Gasteiger partial charge in [0.25, 0.3) is 5.91 Å². The van der Waals surface area contributed by atoms with E-state index in [9.17, 15) is 9.59 Å². The molecule has 1 atom stereocenters. The monoisotopic (exact) mass is 497 g/mol. The highest BCUT2D eigenvalue weighted by molar-refractivity contribution is 5.97. The van der Waals surface area contributed by atoms with E-state index in [0.29, 0.717) is 53.8 Å². The van der Waals surface area contributed by atoms with E-state index in [2.05, 4.69) is 10.2 Å². The van der Waals surface area contributed by atoms with Gasteiger partial charge >= 0.3 is 0 Å². The third-order valence-corrected chi connectivity index (χ3v) is 6.93. The SMILES string of the molecule is COc1cc(NC(=O)CCN2CCCC(N3CCc4cc(OC)c(OC)cc4C3=O)C2)cc(OC)c1. The summed E-state index contributed by atoms with van der Waals surface area (Å²) < 4.78 is 21.4. The maximum atomic E-state index is 13.4. The Morgan fingerprint density at radius 2 is 1.64 bits per heavy atom. The summed E-state index contributed by atoms with van der Waals surface area (Å²) in [5.41, 5.74) is 2.31. The molecule has 9 heteroatoms. The van der Waals surface area contributed by atoms with Crippen molar-refractivity contribution in [3.05, 3.63) is 41.5 Å². The number of carbonyl (C=O) groups is 2. The predicted octanol–water partition coefficient (Wildman–Crippen LogP) is 3.21. The highest BCUT2D eigenvalue weighted by Gasteiger charge is 2.33. The first-order valence-electron chi connectivity index (χ1n) is 12.3. The number of nitrogens with one attached hydrogen (secondary N) is 1. The van der Waals surface area contributed by atoms with Gasteiger partial charge in [-0.15, -0.1) is 0 Å². The van der Waals surface area contributed by atoms with Crippen molar-refractivity contribution in [1.82, 2.24) is 9.80 Å². The van der Waals surface area contributed by atoms with Crippen molar-refractivity contribution in [2.75, 3.05) is 59.9 Å². The molecule has 0 saturated carbocycles. The molecule has 1 unspecified atom stereocenters. The van der Waals surface area contributed by atoms with E-state index in [-0.39, 0.29) is 17.9 Å². The molecule has 2 aromatic carbocycles. The number of fused-ring (bicyclic) bond motifs is 1. The third-order valence-electron chi connectivity index (χ3n) is 6.93. The second kappa shape index (κ2) is 11.5. The molecular weight excluding hydrogens is 462 g/mol. The maximum Gasteiger partial charge on any atom is 0.254 e. The molecule has 0 radical (unpaired) electrons. The molecule has 1 fully saturated rings. The molecule has 2 amide bonds. The number of rotatable bonds is 9. The number of hydrogen-bond donors (Lipinski definition) is 1. The average Bonchev–Trinajstić information content (AvgIpc) is 2.91. The lowest BCUT2D eigenvalue weighted by Crippen LogP contribution is -2.52. The number of benzene rings is 2. The van der Waals surface area contributed by atoms with Crippen LogP contribution in [0.1, 0.15) is 35.2 Å². The number of carbonyl (C=O) groups excluding carboxylic acids is 2. The van der Waals surface area contributed by atoms with Crippen molar-refractivity contribution < 1.29 is 28.5 Å². The van der Waals surface area contributed by atoms with Crippen LogP contribution in [0, 0.1) is 0 Å². The molecule has 9 nitrogen and oxygen atoms in total. The smallest absolute Gasteiger partial charge is 0.254 e. The molecule has 0 aliphatic carbocycles. The minimum absolute atomic E-state index is 0.0359. The second-order valence-corrected chi connectivity index (χ2v) is 9.11. The topological polar surface area (TPSA) is 89.6 Å². The van der Waals surface area contributed by atoms with Crippen molar-refractivity contribution in [2.45, 2.75) is 31.7 Å². The van der Waals surface area contributed by atoms with Crippen LogP contribution in [0.25, 0.3) is 0 Å². The number of methoxy groups -OCH3 is 4. The van der Waals surface area contributed by atoms with Crippen LogP contribution in [0.5, 0.6) is 23.0 Å². The van der Waals surface area contributed by atoms with Gasteiger partial charge < -0.3 is 34.1 Å². The van der Waals surface area contributed by atoms with Gasteiger partial charge in [-0.2, -0.15) is 0 Å². The fourth-order valence-corrected chi connectivity index (χ4v) is 5.02. The van der Waals surface area contributed by atoms with Crippen molar-refractivity contribution >= 4 is 17.5 Å². The quantitative estimate of drug-likeness (QED) is 0.569. The Morgan fingerprint density at radius 3 is 2.31 bits per heavy atom. The van der Waals surface area contributed by atoms with Gasteiger partial charge in [0.2, 0.25) is 5.91 Å². The molecular formula is C27H35N3O6. The van der Waals surface area contributed by atoms with Crippen LogP contribution in [0.3, 0.4) is 0 Å². The van der Waals surface area contributed by atoms with E-state index >= 15 is 0 Å². The molecule has 2 heterocycles. The molecule has 2 aromatic rings. The maximum absolute atomic E-state index is 13.4. The Balaban J connectivity index is 1.35. The van der Waals surface area contributed by atoms with Gasteiger partial charge in [0.05, 0.1) is 28.4 Å². The Morgan fingerprint density at radius 1 is 0.944 bits per heavy atom. The van der Waals surface area contributed by atoms with Gasteiger partial charge in [-0.1, -0.05) is 0 Å². The largest absolute Gasteiger partial charge is 0.497 e. The van der Waals surface area contributed by atoms with E-state index < -0.39 is 0 Å². The summed E-state index contributed by atoms with van der Waals surface area (Å²) >= 11 is 0. The lowest BCUT2D eigenvalue weighted by atomic mass is 9.94. The molecule has 4 rings (SSSR count). The predicted molar refractivity (Wildman–Crippen MR) is 137 cm³/mol. The molecule has 2 aliphatic rings. The minimum atomic E-state index is -0.0727. The average molecular weight is 498 g/mol. The van der Waals surface area contributed by atoms with Gasteiger partial charge in [-0.25, -0.2) is 0 Å². The van der Waals surface area contributed by atoms with Crippen LogP contribution >= 0.6 is 0 Å². The normalized spacial score (nSPS) is 17.8. The zero-order chi connectivity index (χ0) is 25.7. The molecule has 0 spiro atoms. The summed E-state index contributed by atoms with van der Waals surface area (Å²) in [4.78, 5) is 30.3. The Labute approximate surface area is 212 Å². The van der Waals surface area contributed by atoms with Gasteiger partial charge in [-0.3, -0.25) is 9.59 Å². The van der Waals surface area contributed by atoms with Gasteiger partial charge in [0, 0.05) is 61.5 Å². The van der Waals surface area contributed by atoms with Crippen molar-refractivity contribution in [2.24, 2.45) is 0 Å². The van der Waals surface area contributed by atoms with Crippen LogP contribution in [0.4, 0.5) is 5.69 Å². The fourth-order valence-electron chi connectivity index (χ4n) is 5.02. The highest BCUT2D eigenvalue weighted by atomic mass is 16.5. The van der Waals surface area contributed by atoms with Crippen molar-refractivity contribution in [1.29, 1.82) is 0 Å². The summed E-state index contributed by atoms with van der Waals surface area (Å²) in [7, 11) is 6.33. The van der Waals surface area contributed by atoms with Crippen LogP contribution < -0.4 is 24.3 Å². The summed E-state index contributed by atoms with van der Waals surface area (Å²) in [6, 6.07) is 9.12. The van der Waals surface area contributed by atoms with Crippen LogP contribution in [0.15, 0.2) is 30.3 Å². The Hall–Kier alpha value is -3.46. The summed E-state index contributed by atoms with van der Waals surface area (Å²) in [5.74, 6) is 2.41. The molecule has 0 bridgehead atoms. The lowest BCUT2D eigenvalue weighted by Gasteiger charge is -2.41. The van der Waals surface area contributed by atoms with E-state index in [4.69, 9.17) is 18.9 Å². The molecule has 36 heavy (non-hydrogen) atoms. The van der Waals surface area contributed by atoms with Crippen LogP contribution in [-0.4, -0.2) is 82.3 Å². The zero-order valence-electron chi connectivity index (χ0n) is 21.5. The number of ether oxygens (including phenoxy) is 4. The van der Waals surface area contributed by atoms with Crippen molar-refractivity contribution in [3.8, 4) is 23.0 Å². The molecule has 2 aliphatic heterocycles.